The van der Waals surface area contributed by atoms with E-state index in [1.54, 1.807) is 0 Å². The Balaban J connectivity index is 2.02. The van der Waals surface area contributed by atoms with Crippen LogP contribution < -0.4 is 0 Å². The molecular formula is C12H11N3O. The molecule has 1 aromatic carbocycles. The third kappa shape index (κ3) is 1.34. The maximum Gasteiger partial charge on any atom is 0.214 e. The van der Waals surface area contributed by atoms with Gasteiger partial charge in [-0.05, 0) is 12.0 Å². The molecule has 0 amide bonds. The minimum atomic E-state index is 0.234. The van der Waals surface area contributed by atoms with E-state index in [2.05, 4.69) is 22.2 Å². The van der Waals surface area contributed by atoms with Crippen molar-refractivity contribution < 1.29 is 4.79 Å². The molecule has 0 spiro atoms. The van der Waals surface area contributed by atoms with Crippen molar-refractivity contribution in [2.24, 2.45) is 0 Å². The molecular weight excluding hydrogens is 202 g/mol. The van der Waals surface area contributed by atoms with Crippen LogP contribution in [0.4, 0.5) is 0 Å². The van der Waals surface area contributed by atoms with E-state index in [0.29, 0.717) is 6.29 Å². The maximum absolute atomic E-state index is 10.6. The SMILES string of the molecule is O=Cc1nc2n(n1)C(c1ccccc1)CC2. The number of nitrogens with zero attached hydrogens (tertiary/aromatic N) is 3. The lowest BCUT2D eigenvalue weighted by Gasteiger charge is -2.11. The molecule has 0 bridgehead atoms. The molecule has 0 aliphatic carbocycles. The predicted octanol–water partition coefficient (Wildman–Crippen LogP) is 1.63. The molecule has 0 radical (unpaired) electrons. The molecule has 3 rings (SSSR count). The van der Waals surface area contributed by atoms with Gasteiger partial charge in [-0.1, -0.05) is 30.3 Å². The Kier molecular flexibility index (Phi) is 2.06. The second-order valence-corrected chi connectivity index (χ2v) is 3.91. The standard InChI is InChI=1S/C12H11N3O/c16-8-11-13-12-7-6-10(15(12)14-11)9-4-2-1-3-5-9/h1-5,8,10H,6-7H2. The number of aldehydes is 1. The minimum Gasteiger partial charge on any atom is -0.294 e. The van der Waals surface area contributed by atoms with Gasteiger partial charge in [0.2, 0.25) is 5.82 Å². The Morgan fingerprint density at radius 2 is 2.12 bits per heavy atom. The maximum atomic E-state index is 10.6. The molecule has 2 aromatic rings. The van der Waals surface area contributed by atoms with Crippen molar-refractivity contribution >= 4 is 6.29 Å². The Morgan fingerprint density at radius 1 is 1.31 bits per heavy atom. The molecule has 0 saturated heterocycles. The lowest BCUT2D eigenvalue weighted by Crippen LogP contribution is -2.07. The van der Waals surface area contributed by atoms with Crippen LogP contribution in [-0.2, 0) is 6.42 Å². The van der Waals surface area contributed by atoms with Gasteiger partial charge in [-0.3, -0.25) is 4.79 Å². The van der Waals surface area contributed by atoms with Gasteiger partial charge in [0.25, 0.3) is 0 Å². The summed E-state index contributed by atoms with van der Waals surface area (Å²) in [5.74, 6) is 1.20. The minimum absolute atomic E-state index is 0.234. The molecule has 1 aliphatic heterocycles. The van der Waals surface area contributed by atoms with Gasteiger partial charge in [-0.2, -0.15) is 0 Å². The monoisotopic (exact) mass is 213 g/mol. The van der Waals surface area contributed by atoms with Crippen LogP contribution in [0.3, 0.4) is 0 Å². The van der Waals surface area contributed by atoms with Crippen molar-refractivity contribution in [1.29, 1.82) is 0 Å². The summed E-state index contributed by atoms with van der Waals surface area (Å²) >= 11 is 0. The first kappa shape index (κ1) is 9.27. The number of aromatic nitrogens is 3. The number of aryl methyl sites for hydroxylation is 1. The topological polar surface area (TPSA) is 47.8 Å². The molecule has 1 aromatic heterocycles. The zero-order chi connectivity index (χ0) is 11.0. The summed E-state index contributed by atoms with van der Waals surface area (Å²) in [6.07, 6.45) is 2.60. The quantitative estimate of drug-likeness (QED) is 0.712. The van der Waals surface area contributed by atoms with Crippen molar-refractivity contribution in [2.75, 3.05) is 0 Å². The van der Waals surface area contributed by atoms with Gasteiger partial charge in [0.1, 0.15) is 5.82 Å². The van der Waals surface area contributed by atoms with E-state index < -0.39 is 0 Å². The zero-order valence-electron chi connectivity index (χ0n) is 8.71. The van der Waals surface area contributed by atoms with Crippen LogP contribution in [0.15, 0.2) is 30.3 Å². The summed E-state index contributed by atoms with van der Waals surface area (Å²) in [6.45, 7) is 0. The summed E-state index contributed by atoms with van der Waals surface area (Å²) < 4.78 is 1.87. The van der Waals surface area contributed by atoms with Crippen LogP contribution in [0, 0.1) is 0 Å². The Morgan fingerprint density at radius 3 is 2.88 bits per heavy atom. The van der Waals surface area contributed by atoms with Crippen LogP contribution in [-0.4, -0.2) is 21.1 Å². The molecule has 2 heterocycles. The normalized spacial score (nSPS) is 18.4. The average molecular weight is 213 g/mol. The number of hydrogen-bond donors (Lipinski definition) is 0. The molecule has 0 fully saturated rings. The Labute approximate surface area is 92.9 Å². The van der Waals surface area contributed by atoms with Gasteiger partial charge >= 0.3 is 0 Å². The summed E-state index contributed by atoms with van der Waals surface area (Å²) in [7, 11) is 0. The largest absolute Gasteiger partial charge is 0.294 e. The van der Waals surface area contributed by atoms with Crippen molar-refractivity contribution in [1.82, 2.24) is 14.8 Å². The van der Waals surface area contributed by atoms with E-state index in [-0.39, 0.29) is 11.9 Å². The number of rotatable bonds is 2. The first-order valence-corrected chi connectivity index (χ1v) is 5.34. The van der Waals surface area contributed by atoms with Gasteiger partial charge in [0.05, 0.1) is 6.04 Å². The molecule has 1 aliphatic rings. The van der Waals surface area contributed by atoms with Gasteiger partial charge in [-0.15, -0.1) is 5.10 Å². The average Bonchev–Trinajstić information content (AvgIpc) is 2.88. The lowest BCUT2D eigenvalue weighted by atomic mass is 10.1. The van der Waals surface area contributed by atoms with E-state index in [1.807, 2.05) is 22.9 Å². The predicted molar refractivity (Wildman–Crippen MR) is 58.3 cm³/mol. The van der Waals surface area contributed by atoms with Gasteiger partial charge in [0.15, 0.2) is 6.29 Å². The van der Waals surface area contributed by atoms with Gasteiger partial charge in [0, 0.05) is 6.42 Å². The smallest absolute Gasteiger partial charge is 0.214 e. The van der Waals surface area contributed by atoms with Crippen LogP contribution in [0.5, 0.6) is 0 Å². The highest BCUT2D eigenvalue weighted by Crippen LogP contribution is 2.29. The van der Waals surface area contributed by atoms with Crippen LogP contribution in [0.2, 0.25) is 0 Å². The molecule has 1 atom stereocenters. The van der Waals surface area contributed by atoms with Crippen LogP contribution in [0.1, 0.15) is 34.5 Å². The van der Waals surface area contributed by atoms with E-state index in [9.17, 15) is 4.79 Å². The first-order chi connectivity index (χ1) is 7.88. The van der Waals surface area contributed by atoms with Crippen molar-refractivity contribution in [3.63, 3.8) is 0 Å². The summed E-state index contributed by atoms with van der Waals surface area (Å²) in [5.41, 5.74) is 1.23. The number of carbonyl (C=O) groups is 1. The molecule has 80 valence electrons. The fraction of sp³-hybridized carbons (Fsp3) is 0.250. The second-order valence-electron chi connectivity index (χ2n) is 3.91. The van der Waals surface area contributed by atoms with Crippen molar-refractivity contribution in [3.8, 4) is 0 Å². The van der Waals surface area contributed by atoms with E-state index >= 15 is 0 Å². The Hall–Kier alpha value is -1.97. The van der Waals surface area contributed by atoms with Gasteiger partial charge < -0.3 is 0 Å². The number of hydrogen-bond acceptors (Lipinski definition) is 3. The highest BCUT2D eigenvalue weighted by Gasteiger charge is 2.26. The molecule has 0 N–H and O–H groups in total. The summed E-state index contributed by atoms with van der Waals surface area (Å²) in [4.78, 5) is 14.8. The highest BCUT2D eigenvalue weighted by molar-refractivity contribution is 5.68. The molecule has 4 heteroatoms. The summed E-state index contributed by atoms with van der Waals surface area (Å²) in [6, 6.07) is 10.4. The third-order valence-corrected chi connectivity index (χ3v) is 2.94. The zero-order valence-corrected chi connectivity index (χ0v) is 8.71. The number of fused-ring (bicyclic) bond motifs is 1. The first-order valence-electron chi connectivity index (χ1n) is 5.34. The van der Waals surface area contributed by atoms with E-state index in [1.165, 1.54) is 5.56 Å². The van der Waals surface area contributed by atoms with Gasteiger partial charge in [-0.25, -0.2) is 9.67 Å². The van der Waals surface area contributed by atoms with Crippen molar-refractivity contribution in [2.45, 2.75) is 18.9 Å². The number of carbonyl (C=O) groups excluding carboxylic acids is 1. The van der Waals surface area contributed by atoms with Crippen LogP contribution in [0.25, 0.3) is 0 Å². The van der Waals surface area contributed by atoms with E-state index in [0.717, 1.165) is 18.7 Å². The van der Waals surface area contributed by atoms with Crippen molar-refractivity contribution in [3.05, 3.63) is 47.5 Å². The summed E-state index contributed by atoms with van der Waals surface area (Å²) in [5, 5.41) is 4.20. The highest BCUT2D eigenvalue weighted by atomic mass is 16.1. The fourth-order valence-electron chi connectivity index (χ4n) is 2.22. The van der Waals surface area contributed by atoms with E-state index in [4.69, 9.17) is 0 Å². The molecule has 4 nitrogen and oxygen atoms in total. The lowest BCUT2D eigenvalue weighted by molar-refractivity contribution is 0.111. The molecule has 1 unspecified atom stereocenters. The second kappa shape index (κ2) is 3.56. The number of benzene rings is 1. The third-order valence-electron chi connectivity index (χ3n) is 2.94. The van der Waals surface area contributed by atoms with Crippen LogP contribution >= 0.6 is 0 Å². The molecule has 0 saturated carbocycles. The Bertz CT molecular complexity index is 518. The fourth-order valence-corrected chi connectivity index (χ4v) is 2.22. The molecule has 16 heavy (non-hydrogen) atoms.